The summed E-state index contributed by atoms with van der Waals surface area (Å²) < 4.78 is 0. The van der Waals surface area contributed by atoms with Gasteiger partial charge in [0.2, 0.25) is 5.91 Å². The van der Waals surface area contributed by atoms with Crippen LogP contribution in [0.1, 0.15) is 5.56 Å². The summed E-state index contributed by atoms with van der Waals surface area (Å²) in [6, 6.07) is 3.22. The number of aromatic nitrogens is 1. The zero-order valence-electron chi connectivity index (χ0n) is 9.44. The molecule has 0 bridgehead atoms. The average molecular weight is 222 g/mol. The van der Waals surface area contributed by atoms with Crippen molar-refractivity contribution < 1.29 is 4.79 Å². The van der Waals surface area contributed by atoms with Gasteiger partial charge in [0.15, 0.2) is 0 Å². The summed E-state index contributed by atoms with van der Waals surface area (Å²) in [6.07, 6.45) is 3.93. The van der Waals surface area contributed by atoms with Crippen molar-refractivity contribution in [3.8, 4) is 0 Å². The van der Waals surface area contributed by atoms with Gasteiger partial charge in [-0.3, -0.25) is 9.78 Å². The van der Waals surface area contributed by atoms with Crippen molar-refractivity contribution in [2.75, 3.05) is 20.1 Å². The van der Waals surface area contributed by atoms with Crippen molar-refractivity contribution in [1.29, 1.82) is 0 Å². The van der Waals surface area contributed by atoms with Gasteiger partial charge in [-0.25, -0.2) is 0 Å². The van der Waals surface area contributed by atoms with Crippen molar-refractivity contribution in [2.45, 2.75) is 12.5 Å². The molecule has 1 heterocycles. The van der Waals surface area contributed by atoms with Crippen molar-refractivity contribution in [3.63, 3.8) is 0 Å². The number of carbonyl (C=O) groups excluding carboxylic acids is 1. The highest BCUT2D eigenvalue weighted by atomic mass is 16.2. The molecule has 0 aliphatic carbocycles. The molecule has 0 aliphatic heterocycles. The molecule has 1 atom stereocenters. The molecule has 0 aromatic carbocycles. The van der Waals surface area contributed by atoms with Gasteiger partial charge in [-0.15, -0.1) is 0 Å². The van der Waals surface area contributed by atoms with Crippen LogP contribution in [0, 0.1) is 0 Å². The van der Waals surface area contributed by atoms with E-state index >= 15 is 0 Å². The van der Waals surface area contributed by atoms with Crippen LogP contribution in [0.4, 0.5) is 0 Å². The molecule has 16 heavy (non-hydrogen) atoms. The topological polar surface area (TPSA) is 80.0 Å². The first-order chi connectivity index (χ1) is 7.74. The molecule has 1 rings (SSSR count). The fraction of sp³-hybridized carbons (Fsp3) is 0.455. The molecule has 5 heteroatoms. The molecule has 0 saturated heterocycles. The number of nitrogens with two attached hydrogens (primary N) is 1. The van der Waals surface area contributed by atoms with Crippen LogP contribution in [0.3, 0.4) is 0 Å². The van der Waals surface area contributed by atoms with Gasteiger partial charge >= 0.3 is 0 Å². The number of likely N-dealkylation sites (N-methyl/N-ethyl adjacent to an activating group) is 1. The Balaban J connectivity index is 2.34. The molecular weight excluding hydrogens is 204 g/mol. The predicted molar refractivity (Wildman–Crippen MR) is 62.9 cm³/mol. The summed E-state index contributed by atoms with van der Waals surface area (Å²) in [6.45, 7) is 1.34. The lowest BCUT2D eigenvalue weighted by atomic mass is 10.1. The van der Waals surface area contributed by atoms with Gasteiger partial charge in [-0.2, -0.15) is 0 Å². The zero-order chi connectivity index (χ0) is 11.8. The van der Waals surface area contributed by atoms with Gasteiger partial charge in [0, 0.05) is 25.5 Å². The second-order valence-corrected chi connectivity index (χ2v) is 3.56. The lowest BCUT2D eigenvalue weighted by Gasteiger charge is -2.11. The summed E-state index contributed by atoms with van der Waals surface area (Å²) in [4.78, 5) is 15.5. The van der Waals surface area contributed by atoms with Crippen molar-refractivity contribution >= 4 is 5.91 Å². The maximum absolute atomic E-state index is 11.5. The number of nitrogens with one attached hydrogen (secondary N) is 2. The fourth-order valence-corrected chi connectivity index (χ4v) is 1.31. The fourth-order valence-electron chi connectivity index (χ4n) is 1.31. The summed E-state index contributed by atoms with van der Waals surface area (Å²) in [7, 11) is 1.84. The van der Waals surface area contributed by atoms with Gasteiger partial charge in [0.05, 0.1) is 6.04 Å². The summed E-state index contributed by atoms with van der Waals surface area (Å²) in [5.41, 5.74) is 6.80. The Hall–Kier alpha value is -1.46. The van der Waals surface area contributed by atoms with E-state index in [4.69, 9.17) is 5.73 Å². The molecule has 1 aromatic heterocycles. The average Bonchev–Trinajstić information content (AvgIpc) is 2.30. The van der Waals surface area contributed by atoms with Gasteiger partial charge in [-0.05, 0) is 31.2 Å². The Morgan fingerprint density at radius 3 is 2.75 bits per heavy atom. The van der Waals surface area contributed by atoms with E-state index in [2.05, 4.69) is 15.6 Å². The molecule has 4 N–H and O–H groups in total. The van der Waals surface area contributed by atoms with E-state index in [1.165, 1.54) is 0 Å². The summed E-state index contributed by atoms with van der Waals surface area (Å²) >= 11 is 0. The normalized spacial score (nSPS) is 12.1. The molecule has 5 nitrogen and oxygen atoms in total. The smallest absolute Gasteiger partial charge is 0.237 e. The lowest BCUT2D eigenvalue weighted by Crippen LogP contribution is -2.43. The summed E-state index contributed by atoms with van der Waals surface area (Å²) in [5.74, 6) is -0.118. The third-order valence-electron chi connectivity index (χ3n) is 2.22. The van der Waals surface area contributed by atoms with Crippen molar-refractivity contribution in [1.82, 2.24) is 15.6 Å². The van der Waals surface area contributed by atoms with Gasteiger partial charge < -0.3 is 16.4 Å². The molecule has 1 aromatic rings. The minimum absolute atomic E-state index is 0.118. The van der Waals surface area contributed by atoms with Crippen LogP contribution in [0.15, 0.2) is 24.5 Å². The number of nitrogens with zero attached hydrogens (tertiary/aromatic N) is 1. The number of rotatable bonds is 6. The van der Waals surface area contributed by atoms with Gasteiger partial charge in [-0.1, -0.05) is 0 Å². The largest absolute Gasteiger partial charge is 0.353 e. The van der Waals surface area contributed by atoms with Gasteiger partial charge in [0.1, 0.15) is 0 Å². The molecule has 0 spiro atoms. The predicted octanol–water partition coefficient (Wildman–Crippen LogP) is -0.713. The van der Waals surface area contributed by atoms with E-state index < -0.39 is 6.04 Å². The molecule has 1 amide bonds. The van der Waals surface area contributed by atoms with Gasteiger partial charge in [0.25, 0.3) is 0 Å². The third kappa shape index (κ3) is 4.37. The molecule has 0 radical (unpaired) electrons. The first-order valence-corrected chi connectivity index (χ1v) is 5.31. The van der Waals surface area contributed by atoms with Crippen LogP contribution in [0.5, 0.6) is 0 Å². The Morgan fingerprint density at radius 1 is 1.44 bits per heavy atom. The second-order valence-electron chi connectivity index (χ2n) is 3.56. The van der Waals surface area contributed by atoms with Crippen LogP contribution in [-0.4, -0.2) is 37.1 Å². The standard InChI is InChI=1S/C11H18N4O/c1-13-6-7-15-11(16)10(12)8-9-2-4-14-5-3-9/h2-5,10,13H,6-8,12H2,1H3,(H,15,16). The molecule has 88 valence electrons. The first-order valence-electron chi connectivity index (χ1n) is 5.31. The lowest BCUT2D eigenvalue weighted by molar-refractivity contribution is -0.122. The van der Waals surface area contributed by atoms with E-state index in [0.717, 1.165) is 12.1 Å². The van der Waals surface area contributed by atoms with Crippen LogP contribution in [-0.2, 0) is 11.2 Å². The minimum atomic E-state index is -0.501. The van der Waals surface area contributed by atoms with Crippen LogP contribution in [0.25, 0.3) is 0 Å². The highest BCUT2D eigenvalue weighted by Gasteiger charge is 2.12. The van der Waals surface area contributed by atoms with E-state index in [0.29, 0.717) is 13.0 Å². The monoisotopic (exact) mass is 222 g/mol. The van der Waals surface area contributed by atoms with Crippen LogP contribution in [0.2, 0.25) is 0 Å². The van der Waals surface area contributed by atoms with Crippen LogP contribution < -0.4 is 16.4 Å². The SMILES string of the molecule is CNCCNC(=O)C(N)Cc1ccncc1. The highest BCUT2D eigenvalue weighted by molar-refractivity contribution is 5.81. The molecule has 0 fully saturated rings. The third-order valence-corrected chi connectivity index (χ3v) is 2.22. The van der Waals surface area contributed by atoms with E-state index in [9.17, 15) is 4.79 Å². The highest BCUT2D eigenvalue weighted by Crippen LogP contribution is 1.99. The second kappa shape index (κ2) is 6.92. The van der Waals surface area contributed by atoms with E-state index in [1.54, 1.807) is 12.4 Å². The zero-order valence-corrected chi connectivity index (χ0v) is 9.44. The minimum Gasteiger partial charge on any atom is -0.353 e. The molecule has 1 unspecified atom stereocenters. The quantitative estimate of drug-likeness (QED) is 0.555. The van der Waals surface area contributed by atoms with E-state index in [-0.39, 0.29) is 5.91 Å². The Morgan fingerprint density at radius 2 is 2.12 bits per heavy atom. The Bertz CT molecular complexity index is 315. The van der Waals surface area contributed by atoms with Crippen molar-refractivity contribution in [3.05, 3.63) is 30.1 Å². The number of hydrogen-bond donors (Lipinski definition) is 3. The maximum Gasteiger partial charge on any atom is 0.237 e. The number of hydrogen-bond acceptors (Lipinski definition) is 4. The molecular formula is C11H18N4O. The Labute approximate surface area is 95.4 Å². The number of carbonyl (C=O) groups is 1. The van der Waals surface area contributed by atoms with Crippen LogP contribution >= 0.6 is 0 Å². The van der Waals surface area contributed by atoms with Crippen molar-refractivity contribution in [2.24, 2.45) is 5.73 Å². The molecule has 0 saturated carbocycles. The summed E-state index contributed by atoms with van der Waals surface area (Å²) in [5, 5.41) is 5.71. The Kier molecular flexibility index (Phi) is 5.45. The molecule has 0 aliphatic rings. The maximum atomic E-state index is 11.5. The van der Waals surface area contributed by atoms with E-state index in [1.807, 2.05) is 19.2 Å². The number of pyridine rings is 1. The number of amides is 1. The first kappa shape index (κ1) is 12.6.